The number of rotatable bonds is 3. The Kier molecular flexibility index (Phi) is 4.23. The van der Waals surface area contributed by atoms with E-state index in [-0.39, 0.29) is 11.4 Å². The van der Waals surface area contributed by atoms with Gasteiger partial charge in [-0.05, 0) is 18.2 Å². The van der Waals surface area contributed by atoms with Crippen molar-refractivity contribution in [2.75, 3.05) is 11.9 Å². The smallest absolute Gasteiger partial charge is 0.416 e. The van der Waals surface area contributed by atoms with Crippen LogP contribution in [0.2, 0.25) is 0 Å². The minimum absolute atomic E-state index is 0.208. The third-order valence-corrected chi connectivity index (χ3v) is 4.22. The molecule has 0 bridgehead atoms. The molecule has 1 amide bonds. The van der Waals surface area contributed by atoms with E-state index in [0.717, 1.165) is 23.3 Å². The van der Waals surface area contributed by atoms with Gasteiger partial charge in [0.2, 0.25) is 0 Å². The predicted molar refractivity (Wildman–Crippen MR) is 88.6 cm³/mol. The number of aromatic nitrogens is 2. The molecule has 27 heavy (non-hydrogen) atoms. The first-order chi connectivity index (χ1) is 12.9. The Hall–Kier alpha value is -3.07. The molecule has 1 aromatic carbocycles. The number of amides is 1. The molecule has 0 radical (unpaired) electrons. The van der Waals surface area contributed by atoms with Gasteiger partial charge in [0.05, 0.1) is 48.8 Å². The van der Waals surface area contributed by atoms with Crippen LogP contribution in [0.5, 0.6) is 0 Å². The lowest BCUT2D eigenvalue weighted by atomic mass is 10.1. The van der Waals surface area contributed by atoms with E-state index in [9.17, 15) is 18.0 Å². The molecule has 0 saturated heterocycles. The molecule has 3 heterocycles. The van der Waals surface area contributed by atoms with Crippen molar-refractivity contribution in [1.29, 1.82) is 0 Å². The second-order valence-corrected chi connectivity index (χ2v) is 6.05. The second-order valence-electron chi connectivity index (χ2n) is 6.05. The summed E-state index contributed by atoms with van der Waals surface area (Å²) >= 11 is 0. The number of nitrogens with zero attached hydrogens (tertiary/aromatic N) is 2. The molecule has 1 aliphatic heterocycles. The first-order valence-corrected chi connectivity index (χ1v) is 8.12. The van der Waals surface area contributed by atoms with Gasteiger partial charge in [-0.1, -0.05) is 6.07 Å². The van der Waals surface area contributed by atoms with Gasteiger partial charge >= 0.3 is 6.18 Å². The maximum absolute atomic E-state index is 12.8. The average Bonchev–Trinajstić information content (AvgIpc) is 3.28. The van der Waals surface area contributed by atoms with Crippen molar-refractivity contribution in [2.24, 2.45) is 0 Å². The number of anilines is 1. The summed E-state index contributed by atoms with van der Waals surface area (Å²) in [7, 11) is 0. The fraction of sp³-hybridized carbons (Fsp3) is 0.222. The molecule has 0 fully saturated rings. The molecule has 2 aromatic heterocycles. The highest BCUT2D eigenvalue weighted by molar-refractivity contribution is 6.03. The summed E-state index contributed by atoms with van der Waals surface area (Å²) in [6.45, 7) is 0.917. The van der Waals surface area contributed by atoms with Crippen molar-refractivity contribution < 1.29 is 27.1 Å². The maximum atomic E-state index is 12.8. The van der Waals surface area contributed by atoms with Gasteiger partial charge in [-0.2, -0.15) is 18.3 Å². The molecule has 140 valence electrons. The van der Waals surface area contributed by atoms with Gasteiger partial charge in [-0.25, -0.2) is 4.68 Å². The molecular weight excluding hydrogens is 363 g/mol. The van der Waals surface area contributed by atoms with Gasteiger partial charge in [0.15, 0.2) is 5.76 Å². The summed E-state index contributed by atoms with van der Waals surface area (Å²) in [4.78, 5) is 12.4. The van der Waals surface area contributed by atoms with Crippen molar-refractivity contribution in [3.05, 3.63) is 65.4 Å². The van der Waals surface area contributed by atoms with Crippen LogP contribution in [0.4, 0.5) is 18.9 Å². The van der Waals surface area contributed by atoms with Gasteiger partial charge in [-0.15, -0.1) is 0 Å². The van der Waals surface area contributed by atoms with Crippen molar-refractivity contribution >= 4 is 11.6 Å². The monoisotopic (exact) mass is 377 g/mol. The molecule has 0 unspecified atom stereocenters. The number of halogens is 3. The number of fused-ring (bicyclic) bond motifs is 1. The molecule has 4 rings (SSSR count). The topological polar surface area (TPSA) is 69.3 Å². The molecule has 3 aromatic rings. The lowest BCUT2D eigenvalue weighted by molar-refractivity contribution is -0.137. The predicted octanol–water partition coefficient (Wildman–Crippen LogP) is 3.81. The zero-order valence-corrected chi connectivity index (χ0v) is 13.9. The van der Waals surface area contributed by atoms with E-state index in [0.29, 0.717) is 25.3 Å². The summed E-state index contributed by atoms with van der Waals surface area (Å²) in [5.41, 5.74) is 1.45. The molecule has 1 N–H and O–H groups in total. The molecule has 9 heteroatoms. The Bertz CT molecular complexity index is 991. The minimum atomic E-state index is -4.44. The SMILES string of the molecule is O=C(Nc1cnn(-c2cccc(C(F)(F)F)c2)c1)c1occ2c1CCOC2. The Morgan fingerprint density at radius 2 is 2.15 bits per heavy atom. The van der Waals surface area contributed by atoms with E-state index in [1.807, 2.05) is 0 Å². The number of furan rings is 1. The average molecular weight is 377 g/mol. The van der Waals surface area contributed by atoms with Crippen LogP contribution in [-0.4, -0.2) is 22.3 Å². The first kappa shape index (κ1) is 17.3. The number of alkyl halides is 3. The zero-order valence-electron chi connectivity index (χ0n) is 13.9. The van der Waals surface area contributed by atoms with Crippen LogP contribution in [0.25, 0.3) is 5.69 Å². The summed E-state index contributed by atoms with van der Waals surface area (Å²) in [5.74, 6) is -0.234. The summed E-state index contributed by atoms with van der Waals surface area (Å²) in [5, 5.41) is 6.67. The Morgan fingerprint density at radius 1 is 1.30 bits per heavy atom. The maximum Gasteiger partial charge on any atom is 0.416 e. The summed E-state index contributed by atoms with van der Waals surface area (Å²) in [6, 6.07) is 4.77. The zero-order chi connectivity index (χ0) is 19.0. The highest BCUT2D eigenvalue weighted by Gasteiger charge is 2.30. The van der Waals surface area contributed by atoms with E-state index >= 15 is 0 Å². The lowest BCUT2D eigenvalue weighted by Crippen LogP contribution is -2.16. The Balaban J connectivity index is 1.53. The molecule has 0 saturated carbocycles. The molecule has 0 aliphatic carbocycles. The van der Waals surface area contributed by atoms with E-state index in [2.05, 4.69) is 10.4 Å². The minimum Gasteiger partial charge on any atom is -0.458 e. The first-order valence-electron chi connectivity index (χ1n) is 8.12. The molecule has 6 nitrogen and oxygen atoms in total. The van der Waals surface area contributed by atoms with Crippen LogP contribution in [0.1, 0.15) is 27.2 Å². The van der Waals surface area contributed by atoms with Gasteiger partial charge in [-0.3, -0.25) is 4.79 Å². The van der Waals surface area contributed by atoms with Crippen molar-refractivity contribution in [1.82, 2.24) is 9.78 Å². The summed E-state index contributed by atoms with van der Waals surface area (Å²) in [6.07, 6.45) is 0.429. The number of nitrogens with one attached hydrogen (secondary N) is 1. The van der Waals surface area contributed by atoms with E-state index in [4.69, 9.17) is 9.15 Å². The normalized spacial score (nSPS) is 14.0. The number of ether oxygens (including phenoxy) is 1. The van der Waals surface area contributed by atoms with Crippen LogP contribution in [0.15, 0.2) is 47.3 Å². The van der Waals surface area contributed by atoms with Crippen LogP contribution < -0.4 is 5.32 Å². The fourth-order valence-corrected chi connectivity index (χ4v) is 2.90. The number of hydrogen-bond acceptors (Lipinski definition) is 4. The quantitative estimate of drug-likeness (QED) is 0.754. The molecule has 1 aliphatic rings. The number of carbonyl (C=O) groups is 1. The Labute approximate surface area is 151 Å². The third-order valence-electron chi connectivity index (χ3n) is 4.22. The highest BCUT2D eigenvalue weighted by atomic mass is 19.4. The van der Waals surface area contributed by atoms with Crippen LogP contribution >= 0.6 is 0 Å². The molecule has 0 atom stereocenters. The van der Waals surface area contributed by atoms with Gasteiger partial charge in [0, 0.05) is 17.5 Å². The highest BCUT2D eigenvalue weighted by Crippen LogP contribution is 2.30. The van der Waals surface area contributed by atoms with Crippen LogP contribution in [0, 0.1) is 0 Å². The van der Waals surface area contributed by atoms with E-state index < -0.39 is 17.6 Å². The van der Waals surface area contributed by atoms with Gasteiger partial charge in [0.1, 0.15) is 0 Å². The van der Waals surface area contributed by atoms with Crippen LogP contribution in [0.3, 0.4) is 0 Å². The third kappa shape index (κ3) is 3.45. The largest absolute Gasteiger partial charge is 0.458 e. The second kappa shape index (κ2) is 6.58. The van der Waals surface area contributed by atoms with Crippen molar-refractivity contribution in [3.63, 3.8) is 0 Å². The lowest BCUT2D eigenvalue weighted by Gasteiger charge is -2.11. The van der Waals surface area contributed by atoms with Gasteiger partial charge < -0.3 is 14.5 Å². The Morgan fingerprint density at radius 3 is 2.96 bits per heavy atom. The summed E-state index contributed by atoms with van der Waals surface area (Å²) < 4.78 is 50.5. The molecular formula is C18H14F3N3O3. The number of carbonyl (C=O) groups excluding carboxylic acids is 1. The van der Waals surface area contributed by atoms with Crippen molar-refractivity contribution in [3.8, 4) is 5.69 Å². The number of hydrogen-bond donors (Lipinski definition) is 1. The van der Waals surface area contributed by atoms with Gasteiger partial charge in [0.25, 0.3) is 5.91 Å². The van der Waals surface area contributed by atoms with Crippen LogP contribution in [-0.2, 0) is 23.9 Å². The molecule has 0 spiro atoms. The standard InChI is InChI=1S/C18H14F3N3O3/c19-18(20,21)12-2-1-3-14(6-12)24-8-13(7-22-24)23-17(25)16-15-4-5-26-9-11(15)10-27-16/h1-3,6-8,10H,4-5,9H2,(H,23,25). The van der Waals surface area contributed by atoms with E-state index in [1.54, 1.807) is 0 Å². The number of benzene rings is 1. The van der Waals surface area contributed by atoms with Crippen molar-refractivity contribution in [2.45, 2.75) is 19.2 Å². The van der Waals surface area contributed by atoms with E-state index in [1.165, 1.54) is 35.5 Å². The fourth-order valence-electron chi connectivity index (χ4n) is 2.90.